The van der Waals surface area contributed by atoms with E-state index < -0.39 is 0 Å². The Bertz CT molecular complexity index is 875. The second-order valence-electron chi connectivity index (χ2n) is 6.17. The fraction of sp³-hybridized carbons (Fsp3) is 0.200. The van der Waals surface area contributed by atoms with Gasteiger partial charge in [0.15, 0.2) is 0 Å². The number of para-hydroxylation sites is 1. The number of hydrogen-bond acceptors (Lipinski definition) is 3. The van der Waals surface area contributed by atoms with E-state index in [-0.39, 0.29) is 12.1 Å². The van der Waals surface area contributed by atoms with Crippen LogP contribution in [0.3, 0.4) is 0 Å². The van der Waals surface area contributed by atoms with E-state index in [0.717, 1.165) is 29.0 Å². The van der Waals surface area contributed by atoms with E-state index in [9.17, 15) is 4.79 Å². The lowest BCUT2D eigenvalue weighted by molar-refractivity contribution is 0.223. The first-order chi connectivity index (χ1) is 12.8. The number of carbonyl (C=O) groups is 1. The van der Waals surface area contributed by atoms with Crippen LogP contribution < -0.4 is 15.4 Å². The normalized spacial score (nSPS) is 15.6. The molecule has 1 aliphatic rings. The third kappa shape index (κ3) is 3.54. The van der Waals surface area contributed by atoms with Crippen molar-refractivity contribution < 1.29 is 9.53 Å². The summed E-state index contributed by atoms with van der Waals surface area (Å²) in [4.78, 5) is 12.3. The maximum absolute atomic E-state index is 12.3. The minimum absolute atomic E-state index is 0.0258. The van der Waals surface area contributed by atoms with Gasteiger partial charge < -0.3 is 15.4 Å². The highest BCUT2D eigenvalue weighted by Crippen LogP contribution is 2.31. The maximum atomic E-state index is 12.3. The molecule has 132 valence electrons. The Morgan fingerprint density at radius 1 is 1.15 bits per heavy atom. The molecule has 6 heteroatoms. The summed E-state index contributed by atoms with van der Waals surface area (Å²) in [7, 11) is 0. The molecule has 4 rings (SSSR count). The molecule has 6 nitrogen and oxygen atoms in total. The highest BCUT2D eigenvalue weighted by Gasteiger charge is 2.22. The summed E-state index contributed by atoms with van der Waals surface area (Å²) in [6, 6.07) is 17.4. The molecule has 2 heterocycles. The zero-order chi connectivity index (χ0) is 17.8. The number of fused-ring (bicyclic) bond motifs is 1. The number of nitrogens with zero attached hydrogens (tertiary/aromatic N) is 2. The van der Waals surface area contributed by atoms with Crippen LogP contribution in [0.5, 0.6) is 5.75 Å². The topological polar surface area (TPSA) is 68.2 Å². The monoisotopic (exact) mass is 348 g/mol. The highest BCUT2D eigenvalue weighted by molar-refractivity contribution is 5.74. The van der Waals surface area contributed by atoms with Crippen LogP contribution in [0.25, 0.3) is 5.69 Å². The quantitative estimate of drug-likeness (QED) is 0.761. The third-order valence-electron chi connectivity index (χ3n) is 4.42. The number of benzene rings is 2. The van der Waals surface area contributed by atoms with E-state index in [1.165, 1.54) is 0 Å². The van der Waals surface area contributed by atoms with Crippen LogP contribution in [0, 0.1) is 0 Å². The Morgan fingerprint density at radius 3 is 2.81 bits per heavy atom. The zero-order valence-corrected chi connectivity index (χ0v) is 14.3. The van der Waals surface area contributed by atoms with E-state index in [1.807, 2.05) is 60.8 Å². The third-order valence-corrected chi connectivity index (χ3v) is 4.42. The first-order valence-electron chi connectivity index (χ1n) is 8.65. The molecule has 0 saturated heterocycles. The number of urea groups is 1. The summed E-state index contributed by atoms with van der Waals surface area (Å²) in [5.41, 5.74) is 3.04. The molecule has 0 unspecified atom stereocenters. The molecule has 2 N–H and O–H groups in total. The molecule has 2 amide bonds. The summed E-state index contributed by atoms with van der Waals surface area (Å²) in [5, 5.41) is 10.2. The van der Waals surface area contributed by atoms with E-state index in [0.29, 0.717) is 13.2 Å². The molecule has 26 heavy (non-hydrogen) atoms. The van der Waals surface area contributed by atoms with Crippen molar-refractivity contribution in [2.75, 3.05) is 6.61 Å². The van der Waals surface area contributed by atoms with Gasteiger partial charge in [-0.3, -0.25) is 0 Å². The molecular formula is C20H20N4O2. The first-order valence-corrected chi connectivity index (χ1v) is 8.65. The number of carbonyl (C=O) groups excluding carboxylic acids is 1. The molecule has 1 aromatic heterocycles. The van der Waals surface area contributed by atoms with Crippen LogP contribution in [0.15, 0.2) is 67.0 Å². The van der Waals surface area contributed by atoms with Crippen LogP contribution in [-0.4, -0.2) is 22.4 Å². The minimum atomic E-state index is -0.178. The average Bonchev–Trinajstić information content (AvgIpc) is 3.22. The summed E-state index contributed by atoms with van der Waals surface area (Å²) < 4.78 is 7.43. The fourth-order valence-electron chi connectivity index (χ4n) is 3.07. The van der Waals surface area contributed by atoms with Gasteiger partial charge in [0.05, 0.1) is 18.3 Å². The number of aromatic nitrogens is 2. The van der Waals surface area contributed by atoms with Crippen molar-refractivity contribution >= 4 is 6.03 Å². The number of nitrogens with one attached hydrogen (secondary N) is 2. The van der Waals surface area contributed by atoms with Crippen molar-refractivity contribution in [1.82, 2.24) is 20.4 Å². The van der Waals surface area contributed by atoms with Crippen LogP contribution in [0.4, 0.5) is 4.79 Å². The van der Waals surface area contributed by atoms with Gasteiger partial charge in [0.1, 0.15) is 5.75 Å². The molecule has 0 spiro atoms. The Hall–Kier alpha value is -3.28. The molecular weight excluding hydrogens is 328 g/mol. The van der Waals surface area contributed by atoms with Crippen LogP contribution in [0.1, 0.15) is 23.6 Å². The van der Waals surface area contributed by atoms with Crippen molar-refractivity contribution in [3.8, 4) is 11.4 Å². The smallest absolute Gasteiger partial charge is 0.315 e. The number of rotatable bonds is 4. The maximum Gasteiger partial charge on any atom is 0.315 e. The van der Waals surface area contributed by atoms with Crippen molar-refractivity contribution in [2.45, 2.75) is 19.0 Å². The molecule has 0 radical (unpaired) electrons. The van der Waals surface area contributed by atoms with Gasteiger partial charge in [-0.1, -0.05) is 30.3 Å². The van der Waals surface area contributed by atoms with Crippen molar-refractivity contribution in [3.63, 3.8) is 0 Å². The predicted octanol–water partition coefficient (Wildman–Crippen LogP) is 3.20. The molecule has 0 bridgehead atoms. The molecule has 3 aromatic rings. The second kappa shape index (κ2) is 7.31. The van der Waals surface area contributed by atoms with Gasteiger partial charge in [-0.05, 0) is 29.8 Å². The Kier molecular flexibility index (Phi) is 4.55. The molecule has 0 fully saturated rings. The number of amides is 2. The second-order valence-corrected chi connectivity index (χ2v) is 6.17. The molecule has 1 aliphatic heterocycles. The number of ether oxygens (including phenoxy) is 1. The molecule has 2 aromatic carbocycles. The summed E-state index contributed by atoms with van der Waals surface area (Å²) in [6.07, 6.45) is 4.41. The first kappa shape index (κ1) is 16.2. The predicted molar refractivity (Wildman–Crippen MR) is 98.2 cm³/mol. The van der Waals surface area contributed by atoms with Crippen LogP contribution in [-0.2, 0) is 6.54 Å². The Labute approximate surface area is 151 Å². The van der Waals surface area contributed by atoms with E-state index in [4.69, 9.17) is 4.74 Å². The average molecular weight is 348 g/mol. The van der Waals surface area contributed by atoms with Gasteiger partial charge in [-0.15, -0.1) is 0 Å². The Morgan fingerprint density at radius 2 is 2.00 bits per heavy atom. The van der Waals surface area contributed by atoms with Crippen LogP contribution in [0.2, 0.25) is 0 Å². The van der Waals surface area contributed by atoms with Crippen LogP contribution >= 0.6 is 0 Å². The summed E-state index contributed by atoms with van der Waals surface area (Å²) in [6.45, 7) is 1.08. The van der Waals surface area contributed by atoms with Gasteiger partial charge in [0, 0.05) is 30.9 Å². The standard InChI is InChI=1S/C20H20N4O2/c25-20(23-18-10-13-26-19-5-2-1-4-17(18)19)21-14-15-6-8-16(9-7-15)24-12-3-11-22-24/h1-9,11-12,18H,10,13-14H2,(H2,21,23,25)/t18-/m1/s1. The fourth-order valence-corrected chi connectivity index (χ4v) is 3.07. The van der Waals surface area contributed by atoms with E-state index in [2.05, 4.69) is 15.7 Å². The highest BCUT2D eigenvalue weighted by atomic mass is 16.5. The minimum Gasteiger partial charge on any atom is -0.493 e. The lowest BCUT2D eigenvalue weighted by Gasteiger charge is -2.26. The zero-order valence-electron chi connectivity index (χ0n) is 14.3. The van der Waals surface area contributed by atoms with Crippen molar-refractivity contribution in [1.29, 1.82) is 0 Å². The lowest BCUT2D eigenvalue weighted by atomic mass is 10.0. The summed E-state index contributed by atoms with van der Waals surface area (Å²) in [5.74, 6) is 0.846. The Balaban J connectivity index is 1.33. The number of hydrogen-bond donors (Lipinski definition) is 2. The molecule has 1 atom stereocenters. The van der Waals surface area contributed by atoms with Gasteiger partial charge in [-0.2, -0.15) is 5.10 Å². The van der Waals surface area contributed by atoms with E-state index >= 15 is 0 Å². The largest absolute Gasteiger partial charge is 0.493 e. The van der Waals surface area contributed by atoms with Gasteiger partial charge >= 0.3 is 6.03 Å². The van der Waals surface area contributed by atoms with Crippen molar-refractivity contribution in [2.24, 2.45) is 0 Å². The molecule has 0 saturated carbocycles. The van der Waals surface area contributed by atoms with Gasteiger partial charge in [-0.25, -0.2) is 9.48 Å². The lowest BCUT2D eigenvalue weighted by Crippen LogP contribution is -2.39. The summed E-state index contributed by atoms with van der Waals surface area (Å²) >= 11 is 0. The van der Waals surface area contributed by atoms with Crippen molar-refractivity contribution in [3.05, 3.63) is 78.1 Å². The van der Waals surface area contributed by atoms with Gasteiger partial charge in [0.25, 0.3) is 0 Å². The SMILES string of the molecule is O=C(NCc1ccc(-n2cccn2)cc1)N[C@@H]1CCOc2ccccc21. The van der Waals surface area contributed by atoms with Gasteiger partial charge in [0.2, 0.25) is 0 Å². The van der Waals surface area contributed by atoms with E-state index in [1.54, 1.807) is 10.9 Å². The molecule has 0 aliphatic carbocycles.